The molecule has 9 nitrogen and oxygen atoms in total. The van der Waals surface area contributed by atoms with E-state index in [9.17, 15) is 19.2 Å². The van der Waals surface area contributed by atoms with Crippen molar-refractivity contribution in [1.82, 2.24) is 4.90 Å². The average molecular weight is 422 g/mol. The molecule has 1 saturated heterocycles. The second kappa shape index (κ2) is 7.12. The number of nitrogens with zero attached hydrogens (tertiary/aromatic N) is 1. The SMILES string of the molecule is CC(=O)c1cc2c(cc1NC(=O)[C@H]1CCC(=O)N1[C@H]1OC(=O)c3ccccc31)OCO2. The van der Waals surface area contributed by atoms with Gasteiger partial charge in [-0.1, -0.05) is 18.2 Å². The van der Waals surface area contributed by atoms with Crippen LogP contribution in [0.3, 0.4) is 0 Å². The number of rotatable bonds is 4. The van der Waals surface area contributed by atoms with Crippen molar-refractivity contribution in [2.75, 3.05) is 12.1 Å². The Hall–Kier alpha value is -3.88. The Balaban J connectivity index is 1.44. The average Bonchev–Trinajstić information content (AvgIpc) is 3.44. The molecule has 0 bridgehead atoms. The number of hydrogen-bond donors (Lipinski definition) is 1. The Morgan fingerprint density at radius 2 is 1.84 bits per heavy atom. The molecule has 2 atom stereocenters. The molecule has 0 unspecified atom stereocenters. The topological polar surface area (TPSA) is 111 Å². The number of benzene rings is 2. The lowest BCUT2D eigenvalue weighted by atomic mass is 10.1. The van der Waals surface area contributed by atoms with Gasteiger partial charge in [-0.25, -0.2) is 4.79 Å². The van der Waals surface area contributed by atoms with E-state index in [0.717, 1.165) is 0 Å². The summed E-state index contributed by atoms with van der Waals surface area (Å²) in [5.41, 5.74) is 1.46. The fraction of sp³-hybridized carbons (Fsp3) is 0.273. The molecule has 1 fully saturated rings. The number of fused-ring (bicyclic) bond motifs is 2. The van der Waals surface area contributed by atoms with Crippen LogP contribution in [0.4, 0.5) is 5.69 Å². The third-order valence-corrected chi connectivity index (χ3v) is 5.63. The lowest BCUT2D eigenvalue weighted by Crippen LogP contribution is -2.44. The summed E-state index contributed by atoms with van der Waals surface area (Å²) in [7, 11) is 0. The third kappa shape index (κ3) is 3.09. The number of ketones is 1. The van der Waals surface area contributed by atoms with Crippen LogP contribution in [0.25, 0.3) is 0 Å². The molecular weight excluding hydrogens is 404 g/mol. The highest BCUT2D eigenvalue weighted by atomic mass is 16.7. The summed E-state index contributed by atoms with van der Waals surface area (Å²) in [4.78, 5) is 51.4. The molecule has 31 heavy (non-hydrogen) atoms. The molecule has 0 aliphatic carbocycles. The molecule has 2 aromatic rings. The molecule has 3 heterocycles. The van der Waals surface area contributed by atoms with Crippen molar-refractivity contribution in [3.63, 3.8) is 0 Å². The Bertz CT molecular complexity index is 1140. The number of Topliss-reactive ketones (excluding diaryl/α,β-unsaturated/α-hetero) is 1. The highest BCUT2D eigenvalue weighted by Gasteiger charge is 2.46. The standard InChI is InChI=1S/C22H18N2O7/c1-11(25)14-8-17-18(30-10-29-17)9-15(14)23-20(27)16-6-7-19(26)24(16)21-12-4-2-3-5-13(12)22(28)31-21/h2-5,8-9,16,21H,6-7,10H2,1H3,(H,23,27)/t16-,21+/m1/s1. The molecule has 0 aromatic heterocycles. The van der Waals surface area contributed by atoms with Gasteiger partial charge in [0.25, 0.3) is 0 Å². The van der Waals surface area contributed by atoms with Gasteiger partial charge in [-0.3, -0.25) is 19.3 Å². The number of carbonyl (C=O) groups is 4. The van der Waals surface area contributed by atoms with Gasteiger partial charge >= 0.3 is 5.97 Å². The molecule has 1 N–H and O–H groups in total. The van der Waals surface area contributed by atoms with Crippen molar-refractivity contribution in [3.8, 4) is 11.5 Å². The van der Waals surface area contributed by atoms with Crippen LogP contribution in [-0.4, -0.2) is 41.3 Å². The molecule has 2 amide bonds. The molecule has 0 saturated carbocycles. The number of carbonyl (C=O) groups excluding carboxylic acids is 4. The van der Waals surface area contributed by atoms with Gasteiger partial charge in [0, 0.05) is 23.6 Å². The minimum absolute atomic E-state index is 0.0292. The summed E-state index contributed by atoms with van der Waals surface area (Å²) < 4.78 is 16.1. The molecule has 0 spiro atoms. The minimum Gasteiger partial charge on any atom is -0.454 e. The van der Waals surface area contributed by atoms with Crippen molar-refractivity contribution in [2.24, 2.45) is 0 Å². The van der Waals surface area contributed by atoms with Gasteiger partial charge in [0.2, 0.25) is 24.8 Å². The van der Waals surface area contributed by atoms with Crippen LogP contribution in [0.15, 0.2) is 36.4 Å². The van der Waals surface area contributed by atoms with Crippen molar-refractivity contribution >= 4 is 29.3 Å². The molecule has 2 aromatic carbocycles. The van der Waals surface area contributed by atoms with E-state index in [0.29, 0.717) is 22.6 Å². The predicted octanol–water partition coefficient (Wildman–Crippen LogP) is 2.42. The molecule has 0 radical (unpaired) electrons. The minimum atomic E-state index is -0.960. The summed E-state index contributed by atoms with van der Waals surface area (Å²) in [6.07, 6.45) is -0.547. The van der Waals surface area contributed by atoms with Crippen LogP contribution < -0.4 is 14.8 Å². The fourth-order valence-electron chi connectivity index (χ4n) is 4.14. The monoisotopic (exact) mass is 422 g/mol. The zero-order valence-corrected chi connectivity index (χ0v) is 16.5. The largest absolute Gasteiger partial charge is 0.454 e. The summed E-state index contributed by atoms with van der Waals surface area (Å²) in [6.45, 7) is 1.41. The first-order valence-corrected chi connectivity index (χ1v) is 9.80. The molecule has 3 aliphatic heterocycles. The zero-order chi connectivity index (χ0) is 21.7. The number of cyclic esters (lactones) is 1. The number of likely N-dealkylation sites (tertiary alicyclic amines) is 1. The Labute approximate surface area is 176 Å². The number of hydrogen-bond acceptors (Lipinski definition) is 7. The maximum Gasteiger partial charge on any atom is 0.340 e. The van der Waals surface area contributed by atoms with Gasteiger partial charge in [0.1, 0.15) is 6.04 Å². The lowest BCUT2D eigenvalue weighted by Gasteiger charge is -2.29. The van der Waals surface area contributed by atoms with Gasteiger partial charge in [0.05, 0.1) is 11.3 Å². The number of ether oxygens (including phenoxy) is 3. The van der Waals surface area contributed by atoms with E-state index in [1.807, 2.05) is 0 Å². The lowest BCUT2D eigenvalue weighted by molar-refractivity contribution is -0.144. The molecule has 5 rings (SSSR count). The van der Waals surface area contributed by atoms with Gasteiger partial charge in [-0.15, -0.1) is 0 Å². The Morgan fingerprint density at radius 1 is 1.10 bits per heavy atom. The predicted molar refractivity (Wildman–Crippen MR) is 106 cm³/mol. The maximum absolute atomic E-state index is 13.2. The van der Waals surface area contributed by atoms with Gasteiger partial charge in [-0.2, -0.15) is 0 Å². The van der Waals surface area contributed by atoms with Crippen LogP contribution in [0.5, 0.6) is 11.5 Å². The highest BCUT2D eigenvalue weighted by molar-refractivity contribution is 6.07. The van der Waals surface area contributed by atoms with Crippen molar-refractivity contribution in [1.29, 1.82) is 0 Å². The first-order valence-electron chi connectivity index (χ1n) is 9.80. The summed E-state index contributed by atoms with van der Waals surface area (Å²) in [5.74, 6) is -0.714. The van der Waals surface area contributed by atoms with E-state index in [1.165, 1.54) is 24.0 Å². The second-order valence-electron chi connectivity index (χ2n) is 7.50. The van der Waals surface area contributed by atoms with Crippen LogP contribution in [0.1, 0.15) is 52.3 Å². The maximum atomic E-state index is 13.2. The van der Waals surface area contributed by atoms with E-state index >= 15 is 0 Å². The number of nitrogens with one attached hydrogen (secondary N) is 1. The van der Waals surface area contributed by atoms with Crippen LogP contribution in [0, 0.1) is 0 Å². The van der Waals surface area contributed by atoms with E-state index in [-0.39, 0.29) is 42.6 Å². The Morgan fingerprint density at radius 3 is 2.61 bits per heavy atom. The summed E-state index contributed by atoms with van der Waals surface area (Å²) in [5, 5.41) is 2.74. The van der Waals surface area contributed by atoms with E-state index in [4.69, 9.17) is 14.2 Å². The second-order valence-corrected chi connectivity index (χ2v) is 7.50. The molecular formula is C22H18N2O7. The first kappa shape index (κ1) is 19.1. The number of amides is 2. The Kier molecular flexibility index (Phi) is 4.39. The fourth-order valence-corrected chi connectivity index (χ4v) is 4.14. The third-order valence-electron chi connectivity index (χ3n) is 5.63. The van der Waals surface area contributed by atoms with Gasteiger partial charge in [-0.05, 0) is 25.5 Å². The number of esters is 1. The van der Waals surface area contributed by atoms with Crippen molar-refractivity contribution in [3.05, 3.63) is 53.1 Å². The first-order chi connectivity index (χ1) is 14.9. The molecule has 9 heteroatoms. The van der Waals surface area contributed by atoms with Crippen molar-refractivity contribution in [2.45, 2.75) is 32.0 Å². The number of anilines is 1. The smallest absolute Gasteiger partial charge is 0.340 e. The zero-order valence-electron chi connectivity index (χ0n) is 16.5. The van der Waals surface area contributed by atoms with Crippen LogP contribution in [0.2, 0.25) is 0 Å². The van der Waals surface area contributed by atoms with Gasteiger partial charge < -0.3 is 19.5 Å². The summed E-state index contributed by atoms with van der Waals surface area (Å²) in [6, 6.07) is 8.98. The van der Waals surface area contributed by atoms with E-state index < -0.39 is 24.1 Å². The molecule has 158 valence electrons. The van der Waals surface area contributed by atoms with Crippen LogP contribution in [-0.2, 0) is 14.3 Å². The van der Waals surface area contributed by atoms with Crippen molar-refractivity contribution < 1.29 is 33.4 Å². The highest BCUT2D eigenvalue weighted by Crippen LogP contribution is 2.40. The van der Waals surface area contributed by atoms with E-state index in [2.05, 4.69) is 5.32 Å². The van der Waals surface area contributed by atoms with E-state index in [1.54, 1.807) is 24.3 Å². The normalized spacial score (nSPS) is 21.1. The van der Waals surface area contributed by atoms with Gasteiger partial charge in [0.15, 0.2) is 17.3 Å². The molecule has 3 aliphatic rings. The van der Waals surface area contributed by atoms with Crippen LogP contribution >= 0.6 is 0 Å². The summed E-state index contributed by atoms with van der Waals surface area (Å²) >= 11 is 0. The quantitative estimate of drug-likeness (QED) is 0.595.